The molecule has 6 heteroatoms. The highest BCUT2D eigenvalue weighted by atomic mass is 19.4. The lowest BCUT2D eigenvalue weighted by Crippen LogP contribution is -2.24. The molecule has 12 heavy (non-hydrogen) atoms. The van der Waals surface area contributed by atoms with Crippen molar-refractivity contribution >= 4 is 12.1 Å². The van der Waals surface area contributed by atoms with Gasteiger partial charge in [0, 0.05) is 0 Å². The molecule has 0 spiro atoms. The van der Waals surface area contributed by atoms with Gasteiger partial charge in [0.1, 0.15) is 19.0 Å². The number of hydrogen-bond donors (Lipinski definition) is 0. The van der Waals surface area contributed by atoms with Crippen molar-refractivity contribution in [3.8, 4) is 0 Å². The Morgan fingerprint density at radius 1 is 1.42 bits per heavy atom. The molecule has 0 amide bonds. The minimum absolute atomic E-state index is 0.900. The second-order valence-corrected chi connectivity index (χ2v) is 2.08. The van der Waals surface area contributed by atoms with Gasteiger partial charge < -0.3 is 0 Å². The standard InChI is InChI=1S/C6H5F4O2/c7-2-4(3-11)5(12)1-6(8,9)10/h4H,1-2H2. The number of hydrogen-bond acceptors (Lipinski definition) is 2. The highest BCUT2D eigenvalue weighted by Gasteiger charge is 2.34. The third kappa shape index (κ3) is 4.05. The highest BCUT2D eigenvalue weighted by Crippen LogP contribution is 2.21. The fourth-order valence-electron chi connectivity index (χ4n) is 0.504. The average molecular weight is 185 g/mol. The molecule has 0 saturated heterocycles. The van der Waals surface area contributed by atoms with Crippen LogP contribution in [-0.2, 0) is 9.59 Å². The SMILES string of the molecule is O=[C]C(CF)C(=O)CC(F)(F)F. The summed E-state index contributed by atoms with van der Waals surface area (Å²) in [6.07, 6.45) is -5.57. The van der Waals surface area contributed by atoms with E-state index in [1.165, 1.54) is 0 Å². The fourth-order valence-corrected chi connectivity index (χ4v) is 0.504. The highest BCUT2D eigenvalue weighted by molar-refractivity contribution is 5.93. The van der Waals surface area contributed by atoms with E-state index in [1.807, 2.05) is 0 Å². The molecular formula is C6H5F4O2. The van der Waals surface area contributed by atoms with Crippen LogP contribution in [0.1, 0.15) is 6.42 Å². The summed E-state index contributed by atoms with van der Waals surface area (Å²) in [5.74, 6) is -3.38. The zero-order valence-corrected chi connectivity index (χ0v) is 5.82. The Kier molecular flexibility index (Phi) is 3.85. The van der Waals surface area contributed by atoms with Crippen molar-refractivity contribution < 1.29 is 27.2 Å². The second kappa shape index (κ2) is 4.18. The monoisotopic (exact) mass is 185 g/mol. The van der Waals surface area contributed by atoms with E-state index in [0.717, 1.165) is 6.29 Å². The Hall–Kier alpha value is -0.940. The molecule has 1 unspecified atom stereocenters. The Balaban J connectivity index is 4.11. The molecule has 0 aromatic rings. The third-order valence-corrected chi connectivity index (χ3v) is 1.06. The molecule has 0 fully saturated rings. The molecular weight excluding hydrogens is 180 g/mol. The van der Waals surface area contributed by atoms with E-state index >= 15 is 0 Å². The molecule has 0 N–H and O–H groups in total. The van der Waals surface area contributed by atoms with Crippen molar-refractivity contribution in [2.75, 3.05) is 6.67 Å². The summed E-state index contributed by atoms with van der Waals surface area (Å²) < 4.78 is 46.0. The molecule has 0 aromatic carbocycles. The minimum atomic E-state index is -4.69. The van der Waals surface area contributed by atoms with Crippen LogP contribution in [0, 0.1) is 5.92 Å². The van der Waals surface area contributed by atoms with Crippen LogP contribution in [-0.4, -0.2) is 24.9 Å². The number of carbonyl (C=O) groups is 1. The fraction of sp³-hybridized carbons (Fsp3) is 0.667. The quantitative estimate of drug-likeness (QED) is 0.487. The van der Waals surface area contributed by atoms with Crippen molar-refractivity contribution in [2.45, 2.75) is 12.6 Å². The molecule has 1 atom stereocenters. The lowest BCUT2D eigenvalue weighted by molar-refractivity contribution is -0.153. The average Bonchev–Trinajstić information content (AvgIpc) is 1.85. The maximum Gasteiger partial charge on any atom is 0.395 e. The first-order chi connectivity index (χ1) is 5.40. The number of rotatable bonds is 4. The minimum Gasteiger partial charge on any atom is -0.298 e. The second-order valence-electron chi connectivity index (χ2n) is 2.08. The number of ketones is 1. The summed E-state index contributed by atoms with van der Waals surface area (Å²) in [5, 5.41) is 0. The van der Waals surface area contributed by atoms with Crippen molar-refractivity contribution in [3.63, 3.8) is 0 Å². The summed E-state index contributed by atoms with van der Waals surface area (Å²) >= 11 is 0. The van der Waals surface area contributed by atoms with Gasteiger partial charge in [0.25, 0.3) is 0 Å². The Bertz CT molecular complexity index is 175. The topological polar surface area (TPSA) is 34.1 Å². The summed E-state index contributed by atoms with van der Waals surface area (Å²) in [7, 11) is 0. The van der Waals surface area contributed by atoms with Gasteiger partial charge in [-0.2, -0.15) is 13.2 Å². The summed E-state index contributed by atoms with van der Waals surface area (Å²) in [6, 6.07) is 0. The molecule has 0 heterocycles. The Morgan fingerprint density at radius 3 is 2.17 bits per heavy atom. The summed E-state index contributed by atoms with van der Waals surface area (Å²) in [4.78, 5) is 20.1. The van der Waals surface area contributed by atoms with E-state index in [-0.39, 0.29) is 0 Å². The largest absolute Gasteiger partial charge is 0.395 e. The molecule has 2 nitrogen and oxygen atoms in total. The van der Waals surface area contributed by atoms with Gasteiger partial charge in [0.2, 0.25) is 6.29 Å². The van der Waals surface area contributed by atoms with Crippen LogP contribution in [0.5, 0.6) is 0 Å². The maximum absolute atomic E-state index is 11.6. The predicted molar refractivity (Wildman–Crippen MR) is 30.8 cm³/mol. The number of carbonyl (C=O) groups excluding carboxylic acids is 2. The molecule has 0 bridgehead atoms. The maximum atomic E-state index is 11.6. The van der Waals surface area contributed by atoms with E-state index in [1.54, 1.807) is 0 Å². The van der Waals surface area contributed by atoms with Gasteiger partial charge >= 0.3 is 6.18 Å². The lowest BCUT2D eigenvalue weighted by atomic mass is 10.1. The number of halogens is 4. The normalized spacial score (nSPS) is 14.0. The smallest absolute Gasteiger partial charge is 0.298 e. The van der Waals surface area contributed by atoms with E-state index in [0.29, 0.717) is 0 Å². The van der Waals surface area contributed by atoms with Crippen LogP contribution in [0.4, 0.5) is 17.6 Å². The first-order valence-corrected chi connectivity index (χ1v) is 2.94. The zero-order chi connectivity index (χ0) is 9.78. The lowest BCUT2D eigenvalue weighted by Gasteiger charge is -2.06. The molecule has 0 aliphatic carbocycles. The van der Waals surface area contributed by atoms with Crippen LogP contribution < -0.4 is 0 Å². The molecule has 0 aliphatic rings. The first kappa shape index (κ1) is 11.1. The predicted octanol–water partition coefficient (Wildman–Crippen LogP) is 1.20. The molecule has 69 valence electrons. The Morgan fingerprint density at radius 2 is 1.92 bits per heavy atom. The molecule has 0 saturated carbocycles. The van der Waals surface area contributed by atoms with E-state index in [4.69, 9.17) is 0 Å². The van der Waals surface area contributed by atoms with Gasteiger partial charge in [-0.1, -0.05) is 0 Å². The van der Waals surface area contributed by atoms with Gasteiger partial charge in [0.05, 0.1) is 0 Å². The van der Waals surface area contributed by atoms with Crippen LogP contribution in [0.15, 0.2) is 0 Å². The van der Waals surface area contributed by atoms with E-state index in [9.17, 15) is 27.2 Å². The van der Waals surface area contributed by atoms with Crippen molar-refractivity contribution in [2.24, 2.45) is 5.92 Å². The zero-order valence-electron chi connectivity index (χ0n) is 5.82. The van der Waals surface area contributed by atoms with Crippen molar-refractivity contribution in [1.82, 2.24) is 0 Å². The number of Topliss-reactive ketones (excluding diaryl/α,β-unsaturated/α-hetero) is 1. The number of alkyl halides is 4. The van der Waals surface area contributed by atoms with E-state index in [2.05, 4.69) is 0 Å². The van der Waals surface area contributed by atoms with Crippen LogP contribution in [0.25, 0.3) is 0 Å². The van der Waals surface area contributed by atoms with Gasteiger partial charge in [-0.15, -0.1) is 0 Å². The van der Waals surface area contributed by atoms with Gasteiger partial charge in [-0.3, -0.25) is 9.59 Å². The Labute approximate surface area is 65.5 Å². The van der Waals surface area contributed by atoms with Crippen molar-refractivity contribution in [1.29, 1.82) is 0 Å². The van der Waals surface area contributed by atoms with Crippen molar-refractivity contribution in [3.05, 3.63) is 0 Å². The van der Waals surface area contributed by atoms with E-state index < -0.39 is 31.0 Å². The molecule has 0 rings (SSSR count). The first-order valence-electron chi connectivity index (χ1n) is 2.94. The summed E-state index contributed by atoms with van der Waals surface area (Å²) in [6.45, 7) is -1.43. The third-order valence-electron chi connectivity index (χ3n) is 1.06. The molecule has 0 aliphatic heterocycles. The van der Waals surface area contributed by atoms with Gasteiger partial charge in [-0.05, 0) is 0 Å². The molecule has 1 radical (unpaired) electrons. The van der Waals surface area contributed by atoms with Gasteiger partial charge in [-0.25, -0.2) is 4.39 Å². The molecule has 0 aromatic heterocycles. The van der Waals surface area contributed by atoms with Crippen LogP contribution in [0.3, 0.4) is 0 Å². The summed E-state index contributed by atoms with van der Waals surface area (Å²) in [5.41, 5.74) is 0. The van der Waals surface area contributed by atoms with Gasteiger partial charge in [0.15, 0.2) is 5.78 Å². The van der Waals surface area contributed by atoms with Crippen LogP contribution >= 0.6 is 0 Å². The van der Waals surface area contributed by atoms with Crippen LogP contribution in [0.2, 0.25) is 0 Å².